The Morgan fingerprint density at radius 3 is 2.58 bits per heavy atom. The van der Waals surface area contributed by atoms with Gasteiger partial charge in [0.25, 0.3) is 0 Å². The lowest BCUT2D eigenvalue weighted by atomic mass is 10.2. The van der Waals surface area contributed by atoms with Gasteiger partial charge in [-0.3, -0.25) is 0 Å². The van der Waals surface area contributed by atoms with Crippen LogP contribution in [0.25, 0.3) is 0 Å². The van der Waals surface area contributed by atoms with E-state index in [0.717, 1.165) is 13.1 Å². The summed E-state index contributed by atoms with van der Waals surface area (Å²) in [6.45, 7) is 3.77. The second-order valence-electron chi connectivity index (χ2n) is 3.09. The number of nitrogens with two attached hydrogens (primary N) is 1. The number of hydrogen-bond donors (Lipinski definition) is 2. The molecule has 1 atom stereocenters. The smallest absolute Gasteiger partial charge is 0.0206 e. The molecule has 0 aliphatic heterocycles. The van der Waals surface area contributed by atoms with Gasteiger partial charge in [0.15, 0.2) is 0 Å². The van der Waals surface area contributed by atoms with Crippen molar-refractivity contribution in [1.82, 2.24) is 5.32 Å². The van der Waals surface area contributed by atoms with Crippen LogP contribution < -0.4 is 11.1 Å². The molecule has 1 aromatic carbocycles. The van der Waals surface area contributed by atoms with E-state index in [0.29, 0.717) is 0 Å². The molecule has 66 valence electrons. The highest BCUT2D eigenvalue weighted by atomic mass is 14.9. The van der Waals surface area contributed by atoms with E-state index in [1.54, 1.807) is 0 Å². The lowest BCUT2D eigenvalue weighted by molar-refractivity contribution is 0.608. The fourth-order valence-corrected chi connectivity index (χ4v) is 1.04. The highest BCUT2D eigenvalue weighted by Crippen LogP contribution is 1.96. The van der Waals surface area contributed by atoms with E-state index in [9.17, 15) is 0 Å². The molecule has 0 saturated heterocycles. The Morgan fingerprint density at radius 1 is 1.33 bits per heavy atom. The average molecular weight is 164 g/mol. The Bertz CT molecular complexity index is 206. The van der Waals surface area contributed by atoms with Crippen LogP contribution >= 0.6 is 0 Å². The molecule has 0 radical (unpaired) electrons. The molecule has 12 heavy (non-hydrogen) atoms. The van der Waals surface area contributed by atoms with Crippen molar-refractivity contribution in [2.45, 2.75) is 19.5 Å². The largest absolute Gasteiger partial charge is 0.327 e. The molecule has 0 bridgehead atoms. The minimum Gasteiger partial charge on any atom is -0.327 e. The topological polar surface area (TPSA) is 38.0 Å². The zero-order valence-corrected chi connectivity index (χ0v) is 7.46. The van der Waals surface area contributed by atoms with Gasteiger partial charge in [0.05, 0.1) is 0 Å². The molecule has 0 aliphatic rings. The third kappa shape index (κ3) is 3.51. The van der Waals surface area contributed by atoms with Gasteiger partial charge in [-0.1, -0.05) is 30.3 Å². The van der Waals surface area contributed by atoms with Gasteiger partial charge in [-0.15, -0.1) is 0 Å². The van der Waals surface area contributed by atoms with Gasteiger partial charge in [-0.05, 0) is 12.5 Å². The molecule has 2 nitrogen and oxygen atoms in total. The van der Waals surface area contributed by atoms with E-state index in [-0.39, 0.29) is 6.04 Å². The number of hydrogen-bond acceptors (Lipinski definition) is 2. The van der Waals surface area contributed by atoms with Crippen LogP contribution in [0.4, 0.5) is 0 Å². The maximum absolute atomic E-state index is 5.59. The van der Waals surface area contributed by atoms with Crippen molar-refractivity contribution in [2.24, 2.45) is 5.73 Å². The normalized spacial score (nSPS) is 12.8. The Kier molecular flexibility index (Phi) is 3.77. The van der Waals surface area contributed by atoms with Gasteiger partial charge in [-0.25, -0.2) is 0 Å². The Hall–Kier alpha value is -0.860. The molecule has 0 saturated carbocycles. The van der Waals surface area contributed by atoms with Crippen molar-refractivity contribution in [3.63, 3.8) is 0 Å². The zero-order chi connectivity index (χ0) is 8.81. The number of benzene rings is 1. The monoisotopic (exact) mass is 164 g/mol. The quantitative estimate of drug-likeness (QED) is 0.700. The molecule has 3 N–H and O–H groups in total. The molecule has 0 aliphatic carbocycles. The van der Waals surface area contributed by atoms with Gasteiger partial charge < -0.3 is 11.1 Å². The van der Waals surface area contributed by atoms with Crippen molar-refractivity contribution >= 4 is 0 Å². The molecule has 1 aromatic rings. The second-order valence-corrected chi connectivity index (χ2v) is 3.09. The third-order valence-corrected chi connectivity index (χ3v) is 1.64. The van der Waals surface area contributed by atoms with Gasteiger partial charge in [0.2, 0.25) is 0 Å². The SMILES string of the molecule is CC(N)CNCc1ccccc1. The molecule has 2 heteroatoms. The van der Waals surface area contributed by atoms with E-state index in [2.05, 4.69) is 17.4 Å². The van der Waals surface area contributed by atoms with Crippen LogP contribution in [0, 0.1) is 0 Å². The summed E-state index contributed by atoms with van der Waals surface area (Å²) in [5.74, 6) is 0. The van der Waals surface area contributed by atoms with Gasteiger partial charge >= 0.3 is 0 Å². The Morgan fingerprint density at radius 2 is 2.00 bits per heavy atom. The van der Waals surface area contributed by atoms with Gasteiger partial charge in [0.1, 0.15) is 0 Å². The molecule has 0 heterocycles. The van der Waals surface area contributed by atoms with Gasteiger partial charge in [0, 0.05) is 19.1 Å². The lowest BCUT2D eigenvalue weighted by Crippen LogP contribution is -2.30. The fraction of sp³-hybridized carbons (Fsp3) is 0.400. The van der Waals surface area contributed by atoms with Gasteiger partial charge in [-0.2, -0.15) is 0 Å². The van der Waals surface area contributed by atoms with Crippen LogP contribution in [-0.2, 0) is 6.54 Å². The summed E-state index contributed by atoms with van der Waals surface area (Å²) < 4.78 is 0. The molecule has 1 rings (SSSR count). The minimum absolute atomic E-state index is 0.230. The molecule has 0 amide bonds. The predicted octanol–water partition coefficient (Wildman–Crippen LogP) is 1.12. The molecule has 1 unspecified atom stereocenters. The summed E-state index contributed by atoms with van der Waals surface area (Å²) in [7, 11) is 0. The Balaban J connectivity index is 2.25. The number of nitrogens with one attached hydrogen (secondary N) is 1. The summed E-state index contributed by atoms with van der Waals surface area (Å²) in [6, 6.07) is 10.6. The summed E-state index contributed by atoms with van der Waals surface area (Å²) >= 11 is 0. The summed E-state index contributed by atoms with van der Waals surface area (Å²) in [6.07, 6.45) is 0. The molecular formula is C10H16N2. The van der Waals surface area contributed by atoms with Crippen LogP contribution in [-0.4, -0.2) is 12.6 Å². The first-order valence-corrected chi connectivity index (χ1v) is 4.29. The van der Waals surface area contributed by atoms with Crippen molar-refractivity contribution in [1.29, 1.82) is 0 Å². The summed E-state index contributed by atoms with van der Waals surface area (Å²) in [4.78, 5) is 0. The molecule has 0 aromatic heterocycles. The van der Waals surface area contributed by atoms with E-state index >= 15 is 0 Å². The number of rotatable bonds is 4. The minimum atomic E-state index is 0.230. The van der Waals surface area contributed by atoms with Crippen molar-refractivity contribution in [3.8, 4) is 0 Å². The lowest BCUT2D eigenvalue weighted by Gasteiger charge is -2.06. The molecular weight excluding hydrogens is 148 g/mol. The van der Waals surface area contributed by atoms with Crippen molar-refractivity contribution in [2.75, 3.05) is 6.54 Å². The van der Waals surface area contributed by atoms with Crippen LogP contribution in [0.5, 0.6) is 0 Å². The first-order chi connectivity index (χ1) is 5.79. The van der Waals surface area contributed by atoms with E-state index in [4.69, 9.17) is 5.73 Å². The van der Waals surface area contributed by atoms with Crippen LogP contribution in [0.2, 0.25) is 0 Å². The van der Waals surface area contributed by atoms with E-state index < -0.39 is 0 Å². The van der Waals surface area contributed by atoms with Crippen LogP contribution in [0.3, 0.4) is 0 Å². The Labute approximate surface area is 73.8 Å². The second kappa shape index (κ2) is 4.91. The van der Waals surface area contributed by atoms with Crippen molar-refractivity contribution < 1.29 is 0 Å². The highest BCUT2D eigenvalue weighted by Gasteiger charge is 1.93. The average Bonchev–Trinajstić information content (AvgIpc) is 2.05. The first kappa shape index (κ1) is 9.23. The highest BCUT2D eigenvalue weighted by molar-refractivity contribution is 5.14. The maximum Gasteiger partial charge on any atom is 0.0206 e. The molecule has 0 fully saturated rings. The molecule has 0 spiro atoms. The predicted molar refractivity (Wildman–Crippen MR) is 51.8 cm³/mol. The van der Waals surface area contributed by atoms with Crippen LogP contribution in [0.15, 0.2) is 30.3 Å². The third-order valence-electron chi connectivity index (χ3n) is 1.64. The van der Waals surface area contributed by atoms with Crippen molar-refractivity contribution in [3.05, 3.63) is 35.9 Å². The summed E-state index contributed by atoms with van der Waals surface area (Å²) in [5.41, 5.74) is 6.90. The first-order valence-electron chi connectivity index (χ1n) is 4.29. The fourth-order valence-electron chi connectivity index (χ4n) is 1.04. The van der Waals surface area contributed by atoms with E-state index in [1.165, 1.54) is 5.56 Å². The van der Waals surface area contributed by atoms with E-state index in [1.807, 2.05) is 25.1 Å². The zero-order valence-electron chi connectivity index (χ0n) is 7.46. The maximum atomic E-state index is 5.59. The standard InChI is InChI=1S/C10H16N2/c1-9(11)7-12-8-10-5-3-2-4-6-10/h2-6,9,12H,7-8,11H2,1H3. The summed E-state index contributed by atoms with van der Waals surface area (Å²) in [5, 5.41) is 3.28. The van der Waals surface area contributed by atoms with Crippen LogP contribution in [0.1, 0.15) is 12.5 Å².